The summed E-state index contributed by atoms with van der Waals surface area (Å²) in [5.41, 5.74) is 1.16. The van der Waals surface area contributed by atoms with Crippen molar-refractivity contribution in [1.29, 1.82) is 0 Å². The van der Waals surface area contributed by atoms with Crippen molar-refractivity contribution in [2.24, 2.45) is 7.05 Å². The fourth-order valence-corrected chi connectivity index (χ4v) is 3.16. The summed E-state index contributed by atoms with van der Waals surface area (Å²) in [5.74, 6) is 1.70. The van der Waals surface area contributed by atoms with Gasteiger partial charge in [-0.2, -0.15) is 5.10 Å². The van der Waals surface area contributed by atoms with Crippen LogP contribution in [0.3, 0.4) is 0 Å². The molecule has 0 fully saturated rings. The third-order valence-corrected chi connectivity index (χ3v) is 4.18. The Kier molecular flexibility index (Phi) is 3.40. The van der Waals surface area contributed by atoms with E-state index in [0.29, 0.717) is 0 Å². The molecule has 0 radical (unpaired) electrons. The number of hydrogen-bond donors (Lipinski definition) is 1. The molecule has 0 saturated heterocycles. The van der Waals surface area contributed by atoms with E-state index in [9.17, 15) is 0 Å². The van der Waals surface area contributed by atoms with Crippen LogP contribution < -0.4 is 5.32 Å². The molecule has 5 nitrogen and oxygen atoms in total. The highest BCUT2D eigenvalue weighted by molar-refractivity contribution is 7.16. The zero-order chi connectivity index (χ0) is 14.1. The van der Waals surface area contributed by atoms with Crippen molar-refractivity contribution in [3.05, 3.63) is 35.2 Å². The minimum atomic E-state index is 0.194. The number of nitrogens with zero attached hydrogens (tertiary/aromatic N) is 4. The normalized spacial score (nSPS) is 12.8. The van der Waals surface area contributed by atoms with Gasteiger partial charge in [0.05, 0.1) is 17.1 Å². The Labute approximate surface area is 121 Å². The van der Waals surface area contributed by atoms with Crippen LogP contribution in [0.5, 0.6) is 0 Å². The zero-order valence-electron chi connectivity index (χ0n) is 11.8. The first kappa shape index (κ1) is 13.1. The fourth-order valence-electron chi connectivity index (χ4n) is 2.35. The van der Waals surface area contributed by atoms with Crippen molar-refractivity contribution >= 4 is 27.4 Å². The van der Waals surface area contributed by atoms with Gasteiger partial charge in [-0.1, -0.05) is 6.92 Å². The number of anilines is 1. The highest BCUT2D eigenvalue weighted by Crippen LogP contribution is 2.28. The number of thiophene rings is 1. The Balaban J connectivity index is 1.99. The van der Waals surface area contributed by atoms with Gasteiger partial charge in [-0.15, -0.1) is 11.3 Å². The molecule has 6 heteroatoms. The van der Waals surface area contributed by atoms with E-state index in [2.05, 4.69) is 38.8 Å². The minimum absolute atomic E-state index is 0.194. The van der Waals surface area contributed by atoms with Gasteiger partial charge in [-0.25, -0.2) is 9.97 Å². The first-order valence-corrected chi connectivity index (χ1v) is 7.53. The first-order chi connectivity index (χ1) is 9.69. The van der Waals surface area contributed by atoms with Gasteiger partial charge in [-0.05, 0) is 30.9 Å². The van der Waals surface area contributed by atoms with Gasteiger partial charge >= 0.3 is 0 Å². The van der Waals surface area contributed by atoms with Crippen LogP contribution in [0.4, 0.5) is 5.82 Å². The quantitative estimate of drug-likeness (QED) is 0.800. The smallest absolute Gasteiger partial charge is 0.139 e. The van der Waals surface area contributed by atoms with Crippen LogP contribution in [-0.4, -0.2) is 19.7 Å². The molecule has 3 rings (SSSR count). The predicted octanol–water partition coefficient (Wildman–Crippen LogP) is 3.30. The van der Waals surface area contributed by atoms with E-state index < -0.39 is 0 Å². The molecule has 0 aliphatic rings. The van der Waals surface area contributed by atoms with Gasteiger partial charge in [0.1, 0.15) is 16.5 Å². The predicted molar refractivity (Wildman–Crippen MR) is 82.0 cm³/mol. The molecule has 1 N–H and O–H groups in total. The van der Waals surface area contributed by atoms with E-state index in [1.54, 1.807) is 11.3 Å². The van der Waals surface area contributed by atoms with Gasteiger partial charge in [0.25, 0.3) is 0 Å². The maximum absolute atomic E-state index is 4.56. The molecular weight excluding hydrogens is 270 g/mol. The summed E-state index contributed by atoms with van der Waals surface area (Å²) in [4.78, 5) is 10.0. The van der Waals surface area contributed by atoms with Gasteiger partial charge in [0.15, 0.2) is 0 Å². The first-order valence-electron chi connectivity index (χ1n) is 6.65. The lowest BCUT2D eigenvalue weighted by Gasteiger charge is -2.18. The summed E-state index contributed by atoms with van der Waals surface area (Å²) in [6, 6.07) is 4.30. The molecule has 0 aliphatic carbocycles. The van der Waals surface area contributed by atoms with Crippen LogP contribution in [0, 0.1) is 6.92 Å². The molecule has 104 valence electrons. The maximum Gasteiger partial charge on any atom is 0.139 e. The Bertz CT molecular complexity index is 730. The van der Waals surface area contributed by atoms with Gasteiger partial charge in [0, 0.05) is 13.2 Å². The number of aryl methyl sites for hydroxylation is 2. The molecule has 3 aromatic heterocycles. The van der Waals surface area contributed by atoms with E-state index in [-0.39, 0.29) is 6.04 Å². The van der Waals surface area contributed by atoms with E-state index >= 15 is 0 Å². The monoisotopic (exact) mass is 287 g/mol. The molecule has 3 heterocycles. The molecule has 0 aromatic carbocycles. The second-order valence-electron chi connectivity index (χ2n) is 4.74. The Morgan fingerprint density at radius 2 is 2.20 bits per heavy atom. The lowest BCUT2D eigenvalue weighted by atomic mass is 10.1. The summed E-state index contributed by atoms with van der Waals surface area (Å²) in [7, 11) is 1.96. The van der Waals surface area contributed by atoms with Crippen LogP contribution >= 0.6 is 11.3 Å². The molecule has 0 bridgehead atoms. The topological polar surface area (TPSA) is 55.6 Å². The van der Waals surface area contributed by atoms with Crippen LogP contribution in [-0.2, 0) is 7.05 Å². The number of nitrogens with one attached hydrogen (secondary N) is 1. The second-order valence-corrected chi connectivity index (χ2v) is 5.64. The van der Waals surface area contributed by atoms with E-state index in [0.717, 1.165) is 34.0 Å². The molecule has 20 heavy (non-hydrogen) atoms. The van der Waals surface area contributed by atoms with Crippen LogP contribution in [0.15, 0.2) is 23.7 Å². The van der Waals surface area contributed by atoms with Gasteiger partial charge in [-0.3, -0.25) is 4.68 Å². The van der Waals surface area contributed by atoms with Crippen molar-refractivity contribution in [3.63, 3.8) is 0 Å². The highest BCUT2D eigenvalue weighted by atomic mass is 32.1. The van der Waals surface area contributed by atoms with Gasteiger partial charge in [0.2, 0.25) is 0 Å². The van der Waals surface area contributed by atoms with Crippen molar-refractivity contribution in [2.45, 2.75) is 26.3 Å². The summed E-state index contributed by atoms with van der Waals surface area (Å²) < 4.78 is 1.90. The molecule has 0 unspecified atom stereocenters. The average Bonchev–Trinajstić information content (AvgIpc) is 3.04. The van der Waals surface area contributed by atoms with Gasteiger partial charge < -0.3 is 5.32 Å². The molecule has 0 spiro atoms. The minimum Gasteiger partial charge on any atom is -0.361 e. The molecule has 3 aromatic rings. The van der Waals surface area contributed by atoms with E-state index in [1.807, 2.05) is 30.9 Å². The summed E-state index contributed by atoms with van der Waals surface area (Å²) in [5, 5.41) is 10.9. The Morgan fingerprint density at radius 1 is 1.35 bits per heavy atom. The molecular formula is C14H17N5S. The highest BCUT2D eigenvalue weighted by Gasteiger charge is 2.16. The van der Waals surface area contributed by atoms with Crippen molar-refractivity contribution < 1.29 is 0 Å². The standard InChI is InChI=1S/C14H17N5S/c1-4-11(12-5-7-15-19(12)3)18-13-10-6-8-20-14(10)17-9(2)16-13/h5-8,11H,4H2,1-3H3,(H,16,17,18)/t11-/m0/s1. The third kappa shape index (κ3) is 2.27. The van der Waals surface area contributed by atoms with E-state index in [1.165, 1.54) is 0 Å². The number of fused-ring (bicyclic) bond motifs is 1. The van der Waals surface area contributed by atoms with Crippen LogP contribution in [0.25, 0.3) is 10.2 Å². The lowest BCUT2D eigenvalue weighted by Crippen LogP contribution is -2.15. The Hall–Kier alpha value is -1.95. The summed E-state index contributed by atoms with van der Waals surface area (Å²) in [6.45, 7) is 4.08. The second kappa shape index (κ2) is 5.20. The SMILES string of the molecule is CC[C@H](Nc1nc(C)nc2sccc12)c1ccnn1C. The zero-order valence-corrected chi connectivity index (χ0v) is 12.6. The number of rotatable bonds is 4. The average molecular weight is 287 g/mol. The maximum atomic E-state index is 4.56. The molecule has 0 aliphatic heterocycles. The lowest BCUT2D eigenvalue weighted by molar-refractivity contribution is 0.632. The van der Waals surface area contributed by atoms with Crippen LogP contribution in [0.1, 0.15) is 30.9 Å². The van der Waals surface area contributed by atoms with E-state index in [4.69, 9.17) is 0 Å². The fraction of sp³-hybridized carbons (Fsp3) is 0.357. The Morgan fingerprint density at radius 3 is 2.90 bits per heavy atom. The number of aromatic nitrogens is 4. The third-order valence-electron chi connectivity index (χ3n) is 3.37. The van der Waals surface area contributed by atoms with Crippen molar-refractivity contribution in [2.75, 3.05) is 5.32 Å². The summed E-state index contributed by atoms with van der Waals surface area (Å²) in [6.07, 6.45) is 2.79. The molecule has 1 atom stereocenters. The number of hydrogen-bond acceptors (Lipinski definition) is 5. The van der Waals surface area contributed by atoms with Crippen molar-refractivity contribution in [1.82, 2.24) is 19.7 Å². The molecule has 0 amide bonds. The summed E-state index contributed by atoms with van der Waals surface area (Å²) >= 11 is 1.64. The largest absolute Gasteiger partial charge is 0.361 e. The van der Waals surface area contributed by atoms with Crippen LogP contribution in [0.2, 0.25) is 0 Å². The van der Waals surface area contributed by atoms with Crippen molar-refractivity contribution in [3.8, 4) is 0 Å². The molecule has 0 saturated carbocycles.